The van der Waals surface area contributed by atoms with Crippen LogP contribution < -0.4 is 21.3 Å². The van der Waals surface area contributed by atoms with Gasteiger partial charge in [0.15, 0.2) is 0 Å². The van der Waals surface area contributed by atoms with Crippen LogP contribution in [-0.2, 0) is 0 Å². The fraction of sp³-hybridized carbons (Fsp3) is 0.625. The van der Waals surface area contributed by atoms with Crippen molar-refractivity contribution in [2.45, 2.75) is 77.3 Å². The van der Waals surface area contributed by atoms with Crippen LogP contribution in [0.15, 0.2) is 18.2 Å². The first-order valence-corrected chi connectivity index (χ1v) is 12.1. The second kappa shape index (κ2) is 10.4. The first-order valence-electron chi connectivity index (χ1n) is 12.1. The number of rotatable bonds is 8. The highest BCUT2D eigenvalue weighted by Crippen LogP contribution is 2.32. The number of nitrogen functional groups attached to an aromatic ring is 1. The molecule has 1 aromatic heterocycles. The molecule has 1 saturated heterocycles. The van der Waals surface area contributed by atoms with Crippen molar-refractivity contribution in [3.05, 3.63) is 29.6 Å². The van der Waals surface area contributed by atoms with Gasteiger partial charge in [-0.1, -0.05) is 32.3 Å². The van der Waals surface area contributed by atoms with E-state index in [4.69, 9.17) is 10.7 Å². The smallest absolute Gasteiger partial charge is 0.236 e. The molecule has 0 amide bonds. The zero-order chi connectivity index (χ0) is 22.5. The maximum Gasteiger partial charge on any atom is 0.236 e. The Labute approximate surface area is 190 Å². The molecule has 4 rings (SSSR count). The lowest BCUT2D eigenvalue weighted by molar-refractivity contribution is 0.373. The summed E-state index contributed by atoms with van der Waals surface area (Å²) < 4.78 is 14.6. The molecule has 2 aliphatic rings. The van der Waals surface area contributed by atoms with Gasteiger partial charge in [0.2, 0.25) is 17.8 Å². The van der Waals surface area contributed by atoms with Crippen molar-refractivity contribution in [3.8, 4) is 0 Å². The molecule has 32 heavy (non-hydrogen) atoms. The summed E-state index contributed by atoms with van der Waals surface area (Å²) in [4.78, 5) is 15.6. The topological polar surface area (TPSA) is 92.0 Å². The molecule has 2 heterocycles. The van der Waals surface area contributed by atoms with Gasteiger partial charge in [0, 0.05) is 18.3 Å². The molecular weight excluding hydrogens is 405 g/mol. The Hall–Kier alpha value is -2.48. The molecule has 1 saturated carbocycles. The van der Waals surface area contributed by atoms with Gasteiger partial charge in [-0.05, 0) is 69.2 Å². The summed E-state index contributed by atoms with van der Waals surface area (Å²) in [5.41, 5.74) is 7.46. The van der Waals surface area contributed by atoms with E-state index in [2.05, 4.69) is 27.5 Å². The van der Waals surface area contributed by atoms with Crippen LogP contribution in [0.5, 0.6) is 0 Å². The molecule has 174 valence electrons. The molecule has 0 radical (unpaired) electrons. The van der Waals surface area contributed by atoms with Crippen LogP contribution in [0.1, 0.15) is 63.9 Å². The molecule has 2 atom stereocenters. The minimum atomic E-state index is -0.237. The predicted molar refractivity (Wildman–Crippen MR) is 128 cm³/mol. The fourth-order valence-corrected chi connectivity index (χ4v) is 5.07. The number of aromatic nitrogens is 3. The summed E-state index contributed by atoms with van der Waals surface area (Å²) in [7, 11) is 0. The van der Waals surface area contributed by atoms with Crippen LogP contribution in [0, 0.1) is 18.7 Å². The standard InChI is InChI=1S/C24H36FN7/c1-3-21(20-10-7-13-27-20)32(18-12-11-16(2)19(25)14-18)24-30-22(26)29-23(31-24)28-15-17-8-5-4-6-9-17/h11-12,14,17,20-21,27H,3-10,13,15H2,1-2H3,(H3,26,28,29,30,31). The predicted octanol–water partition coefficient (Wildman–Crippen LogP) is 4.56. The Morgan fingerprint density at radius 2 is 1.97 bits per heavy atom. The number of benzene rings is 1. The van der Waals surface area contributed by atoms with Crippen LogP contribution in [0.2, 0.25) is 0 Å². The first kappa shape index (κ1) is 22.7. The molecule has 4 N–H and O–H groups in total. The van der Waals surface area contributed by atoms with E-state index in [1.54, 1.807) is 19.1 Å². The Morgan fingerprint density at radius 3 is 2.66 bits per heavy atom. The fourth-order valence-electron chi connectivity index (χ4n) is 5.07. The molecule has 2 unspecified atom stereocenters. The maximum atomic E-state index is 14.6. The lowest BCUT2D eigenvalue weighted by Crippen LogP contribution is -2.46. The van der Waals surface area contributed by atoms with Crippen molar-refractivity contribution in [1.82, 2.24) is 20.3 Å². The van der Waals surface area contributed by atoms with Gasteiger partial charge in [-0.2, -0.15) is 15.0 Å². The minimum absolute atomic E-state index is 0.0765. The van der Waals surface area contributed by atoms with E-state index >= 15 is 0 Å². The number of anilines is 4. The average molecular weight is 442 g/mol. The van der Waals surface area contributed by atoms with Gasteiger partial charge < -0.3 is 21.3 Å². The van der Waals surface area contributed by atoms with E-state index in [0.717, 1.165) is 38.0 Å². The van der Waals surface area contributed by atoms with Crippen LogP contribution in [0.3, 0.4) is 0 Å². The zero-order valence-electron chi connectivity index (χ0n) is 19.3. The number of halogens is 1. The van der Waals surface area contributed by atoms with Gasteiger partial charge in [-0.3, -0.25) is 0 Å². The Balaban J connectivity index is 1.66. The quantitative estimate of drug-likeness (QED) is 0.553. The number of aryl methyl sites for hydroxylation is 1. The summed E-state index contributed by atoms with van der Waals surface area (Å²) in [6, 6.07) is 5.67. The van der Waals surface area contributed by atoms with E-state index in [-0.39, 0.29) is 23.8 Å². The number of hydrogen-bond acceptors (Lipinski definition) is 7. The van der Waals surface area contributed by atoms with Crippen molar-refractivity contribution in [2.24, 2.45) is 5.92 Å². The highest BCUT2D eigenvalue weighted by molar-refractivity contribution is 5.61. The summed E-state index contributed by atoms with van der Waals surface area (Å²) in [5, 5.41) is 6.99. The van der Waals surface area contributed by atoms with E-state index in [0.29, 0.717) is 23.4 Å². The van der Waals surface area contributed by atoms with Crippen LogP contribution >= 0.6 is 0 Å². The van der Waals surface area contributed by atoms with Crippen LogP contribution in [0.4, 0.5) is 27.9 Å². The monoisotopic (exact) mass is 441 g/mol. The molecule has 1 aliphatic carbocycles. The van der Waals surface area contributed by atoms with E-state index < -0.39 is 0 Å². The van der Waals surface area contributed by atoms with Crippen molar-refractivity contribution >= 4 is 23.5 Å². The second-order valence-electron chi connectivity index (χ2n) is 9.18. The SMILES string of the molecule is CCC(C1CCCN1)N(c1ccc(C)c(F)c1)c1nc(N)nc(NCC2CCCCC2)n1. The third-order valence-electron chi connectivity index (χ3n) is 6.88. The summed E-state index contributed by atoms with van der Waals surface area (Å²) in [6.07, 6.45) is 9.44. The lowest BCUT2D eigenvalue weighted by atomic mass is 9.89. The molecule has 7 nitrogen and oxygen atoms in total. The van der Waals surface area contributed by atoms with Gasteiger partial charge >= 0.3 is 0 Å². The van der Waals surface area contributed by atoms with Gasteiger partial charge in [-0.25, -0.2) is 4.39 Å². The van der Waals surface area contributed by atoms with Gasteiger partial charge in [0.25, 0.3) is 0 Å². The number of nitrogens with one attached hydrogen (secondary N) is 2. The molecule has 0 bridgehead atoms. The number of nitrogens with two attached hydrogens (primary N) is 1. The third-order valence-corrected chi connectivity index (χ3v) is 6.88. The molecule has 2 fully saturated rings. The van der Waals surface area contributed by atoms with Crippen molar-refractivity contribution < 1.29 is 4.39 Å². The van der Waals surface area contributed by atoms with E-state index in [9.17, 15) is 4.39 Å². The summed E-state index contributed by atoms with van der Waals surface area (Å²) >= 11 is 0. The highest BCUT2D eigenvalue weighted by atomic mass is 19.1. The Kier molecular flexibility index (Phi) is 7.40. The number of hydrogen-bond donors (Lipinski definition) is 3. The summed E-state index contributed by atoms with van der Waals surface area (Å²) in [5.74, 6) is 1.53. The number of nitrogens with zero attached hydrogens (tertiary/aromatic N) is 4. The Bertz CT molecular complexity index is 894. The Morgan fingerprint density at radius 1 is 1.16 bits per heavy atom. The molecule has 1 aliphatic heterocycles. The second-order valence-corrected chi connectivity index (χ2v) is 9.18. The maximum absolute atomic E-state index is 14.6. The largest absolute Gasteiger partial charge is 0.368 e. The van der Waals surface area contributed by atoms with Crippen LogP contribution in [-0.4, -0.2) is 40.1 Å². The van der Waals surface area contributed by atoms with Gasteiger partial charge in [0.05, 0.1) is 6.04 Å². The molecule has 0 spiro atoms. The normalized spacial score (nSPS) is 20.3. The zero-order valence-corrected chi connectivity index (χ0v) is 19.3. The average Bonchev–Trinajstić information content (AvgIpc) is 3.33. The van der Waals surface area contributed by atoms with Crippen molar-refractivity contribution in [1.29, 1.82) is 0 Å². The lowest BCUT2D eigenvalue weighted by Gasteiger charge is -2.35. The van der Waals surface area contributed by atoms with E-state index in [1.807, 2.05) is 11.0 Å². The molecular formula is C24H36FN7. The van der Waals surface area contributed by atoms with Crippen molar-refractivity contribution in [3.63, 3.8) is 0 Å². The molecule has 1 aromatic carbocycles. The minimum Gasteiger partial charge on any atom is -0.368 e. The third kappa shape index (κ3) is 5.28. The van der Waals surface area contributed by atoms with E-state index in [1.165, 1.54) is 32.1 Å². The first-order chi connectivity index (χ1) is 15.5. The van der Waals surface area contributed by atoms with Gasteiger partial charge in [-0.15, -0.1) is 0 Å². The van der Waals surface area contributed by atoms with Gasteiger partial charge in [0.1, 0.15) is 5.82 Å². The van der Waals surface area contributed by atoms with Crippen molar-refractivity contribution in [2.75, 3.05) is 29.0 Å². The highest BCUT2D eigenvalue weighted by Gasteiger charge is 2.32. The summed E-state index contributed by atoms with van der Waals surface area (Å²) in [6.45, 7) is 5.75. The molecule has 2 aromatic rings. The molecule has 8 heteroatoms. The van der Waals surface area contributed by atoms with Crippen LogP contribution in [0.25, 0.3) is 0 Å².